The van der Waals surface area contributed by atoms with Crippen molar-refractivity contribution < 1.29 is 92.7 Å². The minimum Gasteiger partial charge on any atom is -0.756 e. The molecule has 1 fully saturated rings. The van der Waals surface area contributed by atoms with E-state index in [4.69, 9.17) is 18.5 Å². The molecule has 0 aromatic rings. The fourth-order valence-corrected chi connectivity index (χ4v) is 7.62. The molecule has 0 spiro atoms. The molecule has 1 saturated carbocycles. The van der Waals surface area contributed by atoms with E-state index in [0.29, 0.717) is 12.8 Å². The number of unbranched alkanes of at least 4 members (excludes halogenated alkanes) is 20. The van der Waals surface area contributed by atoms with Crippen molar-refractivity contribution in [1.29, 1.82) is 0 Å². The molecule has 58 heavy (non-hydrogen) atoms. The van der Waals surface area contributed by atoms with Gasteiger partial charge in [0.15, 0.2) is 6.10 Å². The maximum absolute atomic E-state index is 12.7. The van der Waals surface area contributed by atoms with Crippen LogP contribution in [0.2, 0.25) is 0 Å². The van der Waals surface area contributed by atoms with E-state index < -0.39 is 75.7 Å². The Balaban J connectivity index is 0.0000325. The van der Waals surface area contributed by atoms with E-state index in [9.17, 15) is 44.6 Å². The van der Waals surface area contributed by atoms with Gasteiger partial charge in [0.05, 0.1) is 6.61 Å². The Bertz CT molecular complexity index is 1110. The molecule has 13 nitrogen and oxygen atoms in total. The Morgan fingerprint density at radius 1 is 0.569 bits per heavy atom. The first kappa shape index (κ1) is 57.3. The zero-order valence-electron chi connectivity index (χ0n) is 36.1. The fraction of sp³-hybridized carbons (Fsp3) is 0.860. The summed E-state index contributed by atoms with van der Waals surface area (Å²) < 4.78 is 33.1. The van der Waals surface area contributed by atoms with Crippen molar-refractivity contribution in [2.24, 2.45) is 0 Å². The van der Waals surface area contributed by atoms with Gasteiger partial charge in [0, 0.05) is 12.8 Å². The number of ether oxygens (including phenoxy) is 2. The van der Waals surface area contributed by atoms with Crippen LogP contribution >= 0.6 is 7.82 Å². The van der Waals surface area contributed by atoms with Crippen molar-refractivity contribution in [3.05, 3.63) is 24.3 Å². The summed E-state index contributed by atoms with van der Waals surface area (Å²) in [5.41, 5.74) is 0. The van der Waals surface area contributed by atoms with Crippen LogP contribution in [0.25, 0.3) is 0 Å². The van der Waals surface area contributed by atoms with Gasteiger partial charge in [-0.1, -0.05) is 147 Å². The van der Waals surface area contributed by atoms with Crippen LogP contribution in [-0.4, -0.2) is 93.4 Å². The number of allylic oxidation sites excluding steroid dienone is 4. The molecule has 3 unspecified atom stereocenters. The second kappa shape index (κ2) is 36.9. The molecule has 0 radical (unpaired) electrons. The minimum absolute atomic E-state index is 0. The number of rotatable bonds is 36. The monoisotopic (exact) mass is 857 g/mol. The molecule has 0 aromatic heterocycles. The molecule has 15 heteroatoms. The maximum atomic E-state index is 12.7. The van der Waals surface area contributed by atoms with Crippen LogP contribution in [0.1, 0.15) is 181 Å². The Labute approximate surface area is 371 Å². The summed E-state index contributed by atoms with van der Waals surface area (Å²) in [4.78, 5) is 37.9. The fourth-order valence-electron chi connectivity index (χ4n) is 6.66. The van der Waals surface area contributed by atoms with E-state index in [1.807, 2.05) is 0 Å². The number of esters is 2. The van der Waals surface area contributed by atoms with Crippen molar-refractivity contribution in [3.8, 4) is 0 Å². The predicted molar refractivity (Wildman–Crippen MR) is 219 cm³/mol. The van der Waals surface area contributed by atoms with Crippen LogP contribution in [0.3, 0.4) is 0 Å². The molecule has 1 aliphatic rings. The number of carbonyl (C=O) groups is 2. The topological polar surface area (TPSA) is 212 Å². The van der Waals surface area contributed by atoms with E-state index in [1.54, 1.807) is 0 Å². The van der Waals surface area contributed by atoms with Gasteiger partial charge in [-0.3, -0.25) is 14.2 Å². The van der Waals surface area contributed by atoms with Gasteiger partial charge in [0.1, 0.15) is 43.2 Å². The maximum Gasteiger partial charge on any atom is 1.00 e. The summed E-state index contributed by atoms with van der Waals surface area (Å²) in [6.45, 7) is 3.16. The molecular weight excluding hydrogens is 778 g/mol. The van der Waals surface area contributed by atoms with Gasteiger partial charge in [-0.2, -0.15) is 0 Å². The van der Waals surface area contributed by atoms with Crippen LogP contribution in [0, 0.1) is 0 Å². The molecule has 8 atom stereocenters. The molecular formula is C43H78NaO13P. The zero-order chi connectivity index (χ0) is 42.2. The molecule has 1 rings (SSSR count). The number of phosphoric ester groups is 1. The molecule has 5 N–H and O–H groups in total. The summed E-state index contributed by atoms with van der Waals surface area (Å²) in [5.74, 6) is -1.15. The standard InChI is InChI=1S/C43H79O13P.Na/c1-3-5-7-9-11-13-15-17-18-20-22-24-26-28-30-32-37(45)55-35(34-54-57(51,52)56-43-41(49)39(47)38(46)40(48)42(43)50)33-53-36(44)31-29-27-25-23-21-19-16-14-12-10-8-6-4-2;/h11,13,17-18,35,38-43,46-50H,3-10,12,14-16,19-34H2,1-2H3,(H,51,52);/q;+1/p-1/t35-,38?,39-,40+,41-,42-,43?;/m1./s1. The molecule has 0 amide bonds. The van der Waals surface area contributed by atoms with E-state index >= 15 is 0 Å². The first-order valence-corrected chi connectivity index (χ1v) is 23.6. The van der Waals surface area contributed by atoms with Crippen LogP contribution in [0.15, 0.2) is 24.3 Å². The van der Waals surface area contributed by atoms with Gasteiger partial charge in [-0.05, 0) is 44.9 Å². The van der Waals surface area contributed by atoms with E-state index in [0.717, 1.165) is 64.2 Å². The largest absolute Gasteiger partial charge is 1.00 e. The first-order valence-electron chi connectivity index (χ1n) is 22.1. The SMILES string of the molecule is CCCCCC=CCC=CCCCCCCCC(=O)O[C@H](COC(=O)CCCCCCCCCCCCCCC)COP(=O)([O-])OC1[C@H](O)[C@H](O)C(O)[C@H](O)[C@H]1O.[Na+]. The minimum atomic E-state index is -5.36. The van der Waals surface area contributed by atoms with Gasteiger partial charge in [0.25, 0.3) is 7.82 Å². The summed E-state index contributed by atoms with van der Waals surface area (Å²) >= 11 is 0. The number of aliphatic hydroxyl groups is 5. The average Bonchev–Trinajstić information content (AvgIpc) is 3.19. The Kier molecular flexibility index (Phi) is 36.5. The first-order chi connectivity index (χ1) is 27.4. The van der Waals surface area contributed by atoms with Crippen LogP contribution in [-0.2, 0) is 32.7 Å². The van der Waals surface area contributed by atoms with Crippen molar-refractivity contribution >= 4 is 19.8 Å². The van der Waals surface area contributed by atoms with Gasteiger partial charge in [0.2, 0.25) is 0 Å². The van der Waals surface area contributed by atoms with Gasteiger partial charge >= 0.3 is 41.5 Å². The third-order valence-electron chi connectivity index (χ3n) is 10.3. The quantitative estimate of drug-likeness (QED) is 0.0194. The summed E-state index contributed by atoms with van der Waals surface area (Å²) in [6.07, 6.45) is 21.9. The second-order valence-corrected chi connectivity index (χ2v) is 16.9. The third-order valence-corrected chi connectivity index (χ3v) is 11.3. The zero-order valence-corrected chi connectivity index (χ0v) is 39.0. The van der Waals surface area contributed by atoms with E-state index in [1.165, 1.54) is 77.0 Å². The molecule has 334 valence electrons. The molecule has 0 heterocycles. The number of hydrogen-bond donors (Lipinski definition) is 5. The van der Waals surface area contributed by atoms with Gasteiger partial charge in [-0.15, -0.1) is 0 Å². The Morgan fingerprint density at radius 3 is 1.47 bits per heavy atom. The second-order valence-electron chi connectivity index (χ2n) is 15.5. The summed E-state index contributed by atoms with van der Waals surface area (Å²) in [5, 5.41) is 49.9. The van der Waals surface area contributed by atoms with Crippen molar-refractivity contribution in [1.82, 2.24) is 0 Å². The molecule has 0 saturated heterocycles. The number of hydrogen-bond acceptors (Lipinski definition) is 13. The molecule has 0 aromatic carbocycles. The summed E-state index contributed by atoms with van der Waals surface area (Å²) in [6, 6.07) is 0. The normalized spacial score (nSPS) is 22.5. The smallest absolute Gasteiger partial charge is 0.756 e. The van der Waals surface area contributed by atoms with Gasteiger partial charge < -0.3 is 48.9 Å². The van der Waals surface area contributed by atoms with Crippen molar-refractivity contribution in [3.63, 3.8) is 0 Å². The summed E-state index contributed by atoms with van der Waals surface area (Å²) in [7, 11) is -5.36. The molecule has 1 aliphatic carbocycles. The van der Waals surface area contributed by atoms with Crippen molar-refractivity contribution in [2.45, 2.75) is 224 Å². The number of aliphatic hydroxyl groups excluding tert-OH is 5. The van der Waals surface area contributed by atoms with Crippen LogP contribution < -0.4 is 34.5 Å². The Morgan fingerprint density at radius 2 is 0.966 bits per heavy atom. The van der Waals surface area contributed by atoms with Crippen molar-refractivity contribution in [2.75, 3.05) is 13.2 Å². The van der Waals surface area contributed by atoms with Crippen LogP contribution in [0.5, 0.6) is 0 Å². The van der Waals surface area contributed by atoms with Gasteiger partial charge in [-0.25, -0.2) is 0 Å². The van der Waals surface area contributed by atoms with E-state index in [2.05, 4.69) is 38.2 Å². The van der Waals surface area contributed by atoms with E-state index in [-0.39, 0.29) is 42.4 Å². The third kappa shape index (κ3) is 28.8. The van der Waals surface area contributed by atoms with Crippen LogP contribution in [0.4, 0.5) is 0 Å². The number of phosphoric acid groups is 1. The molecule has 0 aliphatic heterocycles. The Hall–Kier alpha value is -0.670. The number of carbonyl (C=O) groups excluding carboxylic acids is 2. The predicted octanol–water partition coefficient (Wildman–Crippen LogP) is 4.43. The molecule has 0 bridgehead atoms. The average molecular weight is 857 g/mol.